The van der Waals surface area contributed by atoms with Gasteiger partial charge >= 0.3 is 8.80 Å². The van der Waals surface area contributed by atoms with E-state index in [0.29, 0.717) is 0 Å². The van der Waals surface area contributed by atoms with Gasteiger partial charge in [0.05, 0.1) is 6.04 Å². The molecule has 0 aliphatic carbocycles. The van der Waals surface area contributed by atoms with Gasteiger partial charge in [0.25, 0.3) is 0 Å². The molecule has 0 amide bonds. The second-order valence-electron chi connectivity index (χ2n) is 4.08. The van der Waals surface area contributed by atoms with Crippen molar-refractivity contribution in [3.8, 4) is 0 Å². The van der Waals surface area contributed by atoms with Crippen LogP contribution in [-0.4, -0.2) is 42.0 Å². The fourth-order valence-corrected chi connectivity index (χ4v) is 4.47. The Balaban J connectivity index is 2.87. The third-order valence-electron chi connectivity index (χ3n) is 3.31. The number of ether oxygens (including phenoxy) is 1. The Morgan fingerprint density at radius 2 is 2.00 bits per heavy atom. The zero-order valence-corrected chi connectivity index (χ0v) is 11.6. The molecule has 1 aliphatic rings. The average molecular weight is 249 g/mol. The first-order chi connectivity index (χ1) is 7.58. The van der Waals surface area contributed by atoms with Crippen molar-refractivity contribution in [1.82, 2.24) is 0 Å². The maximum Gasteiger partial charge on any atom is 0.502 e. The molecule has 0 bridgehead atoms. The van der Waals surface area contributed by atoms with Crippen LogP contribution in [0.1, 0.15) is 26.2 Å². The summed E-state index contributed by atoms with van der Waals surface area (Å²) < 4.78 is 22.4. The minimum atomic E-state index is -2.57. The summed E-state index contributed by atoms with van der Waals surface area (Å²) in [5, 5.41) is 0. The predicted octanol–water partition coefficient (Wildman–Crippen LogP) is 1.11. The van der Waals surface area contributed by atoms with Gasteiger partial charge in [0.1, 0.15) is 0 Å². The van der Waals surface area contributed by atoms with Crippen LogP contribution in [0.2, 0.25) is 6.04 Å². The van der Waals surface area contributed by atoms with Gasteiger partial charge in [-0.25, -0.2) is 0 Å². The Labute approximate surface area is 98.6 Å². The van der Waals surface area contributed by atoms with Crippen molar-refractivity contribution in [1.29, 1.82) is 0 Å². The Morgan fingerprint density at radius 3 is 2.44 bits per heavy atom. The van der Waals surface area contributed by atoms with Crippen molar-refractivity contribution in [3.05, 3.63) is 0 Å². The summed E-state index contributed by atoms with van der Waals surface area (Å²) in [5.74, 6) is -0.745. The largest absolute Gasteiger partial charge is 0.502 e. The molecule has 2 atom stereocenters. The lowest BCUT2D eigenvalue weighted by Crippen LogP contribution is -2.62. The molecule has 0 spiro atoms. The quantitative estimate of drug-likeness (QED) is 0.739. The SMILES string of the molecule is CCC(N)C1(OC)CCC[Si](OC)(OC)O1. The van der Waals surface area contributed by atoms with E-state index in [-0.39, 0.29) is 6.04 Å². The minimum Gasteiger partial charge on any atom is -0.377 e. The van der Waals surface area contributed by atoms with Gasteiger partial charge in [0.2, 0.25) is 0 Å². The highest BCUT2D eigenvalue weighted by atomic mass is 28.4. The molecule has 1 fully saturated rings. The zero-order valence-electron chi connectivity index (χ0n) is 10.6. The van der Waals surface area contributed by atoms with E-state index in [0.717, 1.165) is 25.3 Å². The van der Waals surface area contributed by atoms with Crippen molar-refractivity contribution in [2.75, 3.05) is 21.3 Å². The third-order valence-corrected chi connectivity index (χ3v) is 6.18. The molecule has 6 heteroatoms. The van der Waals surface area contributed by atoms with Crippen LogP contribution in [-0.2, 0) is 18.0 Å². The van der Waals surface area contributed by atoms with E-state index in [2.05, 4.69) is 0 Å². The third kappa shape index (κ3) is 2.47. The topological polar surface area (TPSA) is 62.9 Å². The Bertz CT molecular complexity index is 225. The molecule has 1 saturated heterocycles. The molecule has 1 aliphatic heterocycles. The predicted molar refractivity (Wildman–Crippen MR) is 62.9 cm³/mol. The highest BCUT2D eigenvalue weighted by Crippen LogP contribution is 2.37. The van der Waals surface area contributed by atoms with Crippen LogP contribution in [0.3, 0.4) is 0 Å². The normalized spacial score (nSPS) is 31.3. The fourth-order valence-electron chi connectivity index (χ4n) is 2.15. The molecule has 96 valence electrons. The number of hydrogen-bond acceptors (Lipinski definition) is 5. The molecule has 16 heavy (non-hydrogen) atoms. The molecule has 0 aromatic carbocycles. The Kier molecular flexibility index (Phi) is 4.90. The second kappa shape index (κ2) is 5.57. The van der Waals surface area contributed by atoms with Crippen LogP contribution in [0, 0.1) is 0 Å². The highest BCUT2D eigenvalue weighted by molar-refractivity contribution is 6.60. The van der Waals surface area contributed by atoms with Crippen LogP contribution < -0.4 is 5.73 Å². The maximum atomic E-state index is 6.08. The summed E-state index contributed by atoms with van der Waals surface area (Å²) in [6.07, 6.45) is 2.54. The van der Waals surface area contributed by atoms with Crippen molar-refractivity contribution < 1.29 is 18.0 Å². The van der Waals surface area contributed by atoms with Gasteiger partial charge in [-0.05, 0) is 12.8 Å². The summed E-state index contributed by atoms with van der Waals surface area (Å²) in [5.41, 5.74) is 6.08. The van der Waals surface area contributed by atoms with E-state index < -0.39 is 14.6 Å². The molecule has 0 aromatic rings. The molecule has 0 radical (unpaired) electrons. The molecule has 2 N–H and O–H groups in total. The van der Waals surface area contributed by atoms with Gasteiger partial charge in [0, 0.05) is 33.8 Å². The van der Waals surface area contributed by atoms with E-state index in [9.17, 15) is 0 Å². The average Bonchev–Trinajstić information content (AvgIpc) is 2.37. The minimum absolute atomic E-state index is 0.157. The summed E-state index contributed by atoms with van der Waals surface area (Å²) in [4.78, 5) is 0. The van der Waals surface area contributed by atoms with Gasteiger partial charge < -0.3 is 23.7 Å². The van der Waals surface area contributed by atoms with Gasteiger partial charge in [0.15, 0.2) is 5.79 Å². The van der Waals surface area contributed by atoms with Crippen LogP contribution in [0.25, 0.3) is 0 Å². The lowest BCUT2D eigenvalue weighted by molar-refractivity contribution is -0.219. The first-order valence-corrected chi connectivity index (χ1v) is 7.62. The number of hydrogen-bond donors (Lipinski definition) is 1. The fraction of sp³-hybridized carbons (Fsp3) is 1.00. The van der Waals surface area contributed by atoms with E-state index in [4.69, 9.17) is 23.7 Å². The molecule has 5 nitrogen and oxygen atoms in total. The molecule has 2 unspecified atom stereocenters. The Hall–Kier alpha value is 0.0169. The van der Waals surface area contributed by atoms with Gasteiger partial charge in [-0.3, -0.25) is 0 Å². The summed E-state index contributed by atoms with van der Waals surface area (Å²) in [6, 6.07) is 0.664. The first kappa shape index (κ1) is 14.1. The summed E-state index contributed by atoms with van der Waals surface area (Å²) in [7, 11) is 2.31. The van der Waals surface area contributed by atoms with Gasteiger partial charge in [-0.1, -0.05) is 6.92 Å². The van der Waals surface area contributed by atoms with E-state index in [1.165, 1.54) is 0 Å². The first-order valence-electron chi connectivity index (χ1n) is 5.69. The van der Waals surface area contributed by atoms with Gasteiger partial charge in [-0.15, -0.1) is 0 Å². The van der Waals surface area contributed by atoms with E-state index in [1.807, 2.05) is 6.92 Å². The molecular formula is C10H23NO4Si. The molecule has 1 rings (SSSR count). The molecule has 0 saturated carbocycles. The maximum absolute atomic E-state index is 6.08. The highest BCUT2D eigenvalue weighted by Gasteiger charge is 2.53. The monoisotopic (exact) mass is 249 g/mol. The zero-order chi connectivity index (χ0) is 12.2. The lowest BCUT2D eigenvalue weighted by Gasteiger charge is -2.46. The molecular weight excluding hydrogens is 226 g/mol. The van der Waals surface area contributed by atoms with Crippen LogP contribution in [0.15, 0.2) is 0 Å². The summed E-state index contributed by atoms with van der Waals surface area (Å²) in [6.45, 7) is 2.02. The second-order valence-corrected chi connectivity index (χ2v) is 6.96. The molecule has 0 aromatic heterocycles. The van der Waals surface area contributed by atoms with Crippen molar-refractivity contribution in [2.45, 2.75) is 44.1 Å². The summed E-state index contributed by atoms with van der Waals surface area (Å²) >= 11 is 0. The van der Waals surface area contributed by atoms with Crippen LogP contribution >= 0.6 is 0 Å². The van der Waals surface area contributed by atoms with Crippen LogP contribution in [0.5, 0.6) is 0 Å². The van der Waals surface area contributed by atoms with Crippen molar-refractivity contribution in [3.63, 3.8) is 0 Å². The Morgan fingerprint density at radius 1 is 1.38 bits per heavy atom. The van der Waals surface area contributed by atoms with E-state index in [1.54, 1.807) is 21.3 Å². The van der Waals surface area contributed by atoms with E-state index >= 15 is 0 Å². The smallest absolute Gasteiger partial charge is 0.377 e. The number of nitrogens with two attached hydrogens (primary N) is 1. The van der Waals surface area contributed by atoms with Crippen LogP contribution in [0.4, 0.5) is 0 Å². The molecule has 1 heterocycles. The van der Waals surface area contributed by atoms with Crippen molar-refractivity contribution in [2.24, 2.45) is 5.73 Å². The lowest BCUT2D eigenvalue weighted by atomic mass is 10.0. The standard InChI is InChI=1S/C10H23NO4Si/c1-5-9(11)10(12-2)7-6-8-16(13-3,14-4)15-10/h9H,5-8,11H2,1-4H3. The number of rotatable bonds is 5. The van der Waals surface area contributed by atoms with Crippen molar-refractivity contribution >= 4 is 8.80 Å². The van der Waals surface area contributed by atoms with Gasteiger partial charge in [-0.2, -0.15) is 0 Å². The number of methoxy groups -OCH3 is 1.